The number of rotatable bonds is 6. The van der Waals surface area contributed by atoms with Crippen LogP contribution in [0.4, 0.5) is 0 Å². The lowest BCUT2D eigenvalue weighted by Crippen LogP contribution is -2.35. The molecule has 4 rings (SSSR count). The lowest BCUT2D eigenvalue weighted by molar-refractivity contribution is -0.123. The van der Waals surface area contributed by atoms with Crippen molar-refractivity contribution >= 4 is 16.8 Å². The summed E-state index contributed by atoms with van der Waals surface area (Å²) in [5, 5.41) is 15.4. The van der Waals surface area contributed by atoms with Gasteiger partial charge in [-0.3, -0.25) is 4.79 Å². The van der Waals surface area contributed by atoms with Gasteiger partial charge in [-0.2, -0.15) is 0 Å². The maximum Gasteiger partial charge on any atom is 0.249 e. The summed E-state index contributed by atoms with van der Waals surface area (Å²) in [5.74, 6) is -0.138. The molecule has 4 aromatic rings. The molecule has 0 unspecified atom stereocenters. The third-order valence-electron chi connectivity index (χ3n) is 4.57. The van der Waals surface area contributed by atoms with Crippen molar-refractivity contribution in [3.63, 3.8) is 0 Å². The summed E-state index contributed by atoms with van der Waals surface area (Å²) in [4.78, 5) is 12.8. The summed E-state index contributed by atoms with van der Waals surface area (Å²) in [6.45, 7) is 3.29. The average molecular weight is 360 g/mol. The normalized spacial score (nSPS) is 12.2. The molecule has 1 atom stereocenters. The van der Waals surface area contributed by atoms with E-state index in [2.05, 4.69) is 56.6 Å². The van der Waals surface area contributed by atoms with Crippen LogP contribution < -0.4 is 5.32 Å². The van der Waals surface area contributed by atoms with E-state index in [-0.39, 0.29) is 5.91 Å². The van der Waals surface area contributed by atoms with Gasteiger partial charge in [0.05, 0.1) is 0 Å². The Hall–Kier alpha value is -3.48. The number of amides is 1. The first-order valence-corrected chi connectivity index (χ1v) is 8.83. The average Bonchev–Trinajstić information content (AvgIpc) is 3.33. The summed E-state index contributed by atoms with van der Waals surface area (Å²) in [5.41, 5.74) is 3.24. The van der Waals surface area contributed by atoms with E-state index in [1.165, 1.54) is 22.0 Å². The molecule has 1 N–H and O–H groups in total. The molecule has 2 aromatic heterocycles. The highest BCUT2D eigenvalue weighted by atomic mass is 16.2. The van der Waals surface area contributed by atoms with Gasteiger partial charge < -0.3 is 9.88 Å². The Morgan fingerprint density at radius 2 is 2.00 bits per heavy atom. The number of tetrazole rings is 1. The number of hydrogen-bond acceptors (Lipinski definition) is 4. The highest BCUT2D eigenvalue weighted by molar-refractivity contribution is 5.83. The van der Waals surface area contributed by atoms with Gasteiger partial charge in [0.1, 0.15) is 6.33 Å². The van der Waals surface area contributed by atoms with E-state index in [0.29, 0.717) is 13.1 Å². The molecule has 0 saturated heterocycles. The van der Waals surface area contributed by atoms with Crippen LogP contribution >= 0.6 is 0 Å². The van der Waals surface area contributed by atoms with Crippen LogP contribution in [-0.4, -0.2) is 37.2 Å². The van der Waals surface area contributed by atoms with Gasteiger partial charge in [-0.05, 0) is 46.5 Å². The van der Waals surface area contributed by atoms with Crippen molar-refractivity contribution in [3.8, 4) is 0 Å². The van der Waals surface area contributed by atoms with Gasteiger partial charge in [0.2, 0.25) is 5.91 Å². The molecular weight excluding hydrogens is 340 g/mol. The summed E-state index contributed by atoms with van der Waals surface area (Å²) in [6.07, 6.45) is 3.51. The molecule has 0 radical (unpaired) electrons. The Balaban J connectivity index is 1.47. The number of nitrogens with zero attached hydrogens (tertiary/aromatic N) is 5. The molecule has 0 aliphatic heterocycles. The number of carbonyl (C=O) groups is 1. The zero-order valence-corrected chi connectivity index (χ0v) is 15.0. The fourth-order valence-electron chi connectivity index (χ4n) is 3.26. The summed E-state index contributed by atoms with van der Waals surface area (Å²) in [6, 6.07) is 17.4. The summed E-state index contributed by atoms with van der Waals surface area (Å²) in [7, 11) is 0. The molecule has 7 heteroatoms. The second-order valence-corrected chi connectivity index (χ2v) is 6.47. The van der Waals surface area contributed by atoms with E-state index in [1.807, 2.05) is 36.5 Å². The molecule has 7 nitrogen and oxygen atoms in total. The van der Waals surface area contributed by atoms with E-state index < -0.39 is 6.04 Å². The van der Waals surface area contributed by atoms with Gasteiger partial charge in [-0.25, -0.2) is 4.68 Å². The molecular formula is C20H20N6O. The standard InChI is InChI=1S/C20H20N6O/c1-15-7-8-18-17(13-15)9-11-25(18)12-10-21-20(27)19(26-14-22-23-24-26)16-5-3-2-4-6-16/h2-9,11,13-14,19H,10,12H2,1H3,(H,21,27)/t19-/m0/s1. The number of aromatic nitrogens is 5. The second kappa shape index (κ2) is 7.41. The van der Waals surface area contributed by atoms with Crippen molar-refractivity contribution in [2.24, 2.45) is 0 Å². The van der Waals surface area contributed by atoms with Crippen LogP contribution in [0.1, 0.15) is 17.2 Å². The zero-order valence-electron chi connectivity index (χ0n) is 15.0. The molecule has 0 aliphatic carbocycles. The van der Waals surface area contributed by atoms with Crippen LogP contribution in [0.3, 0.4) is 0 Å². The Kier molecular flexibility index (Phi) is 4.65. The number of hydrogen-bond donors (Lipinski definition) is 1. The quantitative estimate of drug-likeness (QED) is 0.572. The van der Waals surface area contributed by atoms with E-state index in [4.69, 9.17) is 0 Å². The van der Waals surface area contributed by atoms with Crippen molar-refractivity contribution in [1.82, 2.24) is 30.1 Å². The van der Waals surface area contributed by atoms with Crippen LogP contribution in [-0.2, 0) is 11.3 Å². The largest absolute Gasteiger partial charge is 0.352 e. The molecule has 0 aliphatic rings. The minimum Gasteiger partial charge on any atom is -0.352 e. The maximum absolute atomic E-state index is 12.8. The van der Waals surface area contributed by atoms with Crippen LogP contribution in [0, 0.1) is 6.92 Å². The minimum atomic E-state index is -0.592. The lowest BCUT2D eigenvalue weighted by atomic mass is 10.1. The number of benzene rings is 2. The van der Waals surface area contributed by atoms with E-state index >= 15 is 0 Å². The fraction of sp³-hybridized carbons (Fsp3) is 0.200. The minimum absolute atomic E-state index is 0.138. The van der Waals surface area contributed by atoms with Gasteiger partial charge in [0.25, 0.3) is 0 Å². The van der Waals surface area contributed by atoms with Crippen molar-refractivity contribution in [2.45, 2.75) is 19.5 Å². The highest BCUT2D eigenvalue weighted by Gasteiger charge is 2.23. The predicted molar refractivity (Wildman–Crippen MR) is 102 cm³/mol. The lowest BCUT2D eigenvalue weighted by Gasteiger charge is -2.17. The van der Waals surface area contributed by atoms with Gasteiger partial charge in [0.15, 0.2) is 6.04 Å². The van der Waals surface area contributed by atoms with E-state index in [1.54, 1.807) is 0 Å². The molecule has 27 heavy (non-hydrogen) atoms. The van der Waals surface area contributed by atoms with Crippen LogP contribution in [0.5, 0.6) is 0 Å². The summed E-state index contributed by atoms with van der Waals surface area (Å²) >= 11 is 0. The molecule has 0 saturated carbocycles. The first-order valence-electron chi connectivity index (χ1n) is 8.83. The van der Waals surface area contributed by atoms with Crippen LogP contribution in [0.2, 0.25) is 0 Å². The number of aryl methyl sites for hydroxylation is 1. The van der Waals surface area contributed by atoms with Gasteiger partial charge in [0, 0.05) is 24.8 Å². The monoisotopic (exact) mass is 360 g/mol. The molecule has 2 heterocycles. The number of nitrogens with one attached hydrogen (secondary N) is 1. The van der Waals surface area contributed by atoms with Gasteiger partial charge in [-0.15, -0.1) is 5.10 Å². The third kappa shape index (κ3) is 3.57. The first kappa shape index (κ1) is 17.0. The smallest absolute Gasteiger partial charge is 0.249 e. The van der Waals surface area contributed by atoms with Crippen LogP contribution in [0.25, 0.3) is 10.9 Å². The Morgan fingerprint density at radius 1 is 1.15 bits per heavy atom. The van der Waals surface area contributed by atoms with Gasteiger partial charge in [-0.1, -0.05) is 42.0 Å². The Labute approximate surface area is 156 Å². The maximum atomic E-state index is 12.8. The molecule has 2 aromatic carbocycles. The van der Waals surface area contributed by atoms with E-state index in [9.17, 15) is 4.79 Å². The SMILES string of the molecule is Cc1ccc2c(ccn2CCNC(=O)[C@H](c2ccccc2)n2cnnn2)c1. The van der Waals surface area contributed by atoms with Crippen molar-refractivity contribution in [1.29, 1.82) is 0 Å². The second-order valence-electron chi connectivity index (χ2n) is 6.47. The Morgan fingerprint density at radius 3 is 2.78 bits per heavy atom. The van der Waals surface area contributed by atoms with Crippen LogP contribution in [0.15, 0.2) is 67.1 Å². The highest BCUT2D eigenvalue weighted by Crippen LogP contribution is 2.18. The summed E-state index contributed by atoms with van der Waals surface area (Å²) < 4.78 is 3.61. The van der Waals surface area contributed by atoms with Crippen molar-refractivity contribution in [2.75, 3.05) is 6.54 Å². The number of carbonyl (C=O) groups excluding carboxylic acids is 1. The molecule has 1 amide bonds. The number of fused-ring (bicyclic) bond motifs is 1. The van der Waals surface area contributed by atoms with E-state index in [0.717, 1.165) is 11.1 Å². The zero-order chi connectivity index (χ0) is 18.6. The first-order chi connectivity index (χ1) is 13.2. The van der Waals surface area contributed by atoms with Crippen molar-refractivity contribution < 1.29 is 4.79 Å². The Bertz CT molecular complexity index is 1040. The van der Waals surface area contributed by atoms with Crippen molar-refractivity contribution in [3.05, 3.63) is 78.2 Å². The molecule has 136 valence electrons. The fourth-order valence-corrected chi connectivity index (χ4v) is 3.26. The van der Waals surface area contributed by atoms with Gasteiger partial charge >= 0.3 is 0 Å². The third-order valence-corrected chi connectivity index (χ3v) is 4.57. The topological polar surface area (TPSA) is 77.6 Å². The predicted octanol–water partition coefficient (Wildman–Crippen LogP) is 2.34. The molecule has 0 bridgehead atoms. The molecule has 0 spiro atoms. The molecule has 0 fully saturated rings.